The number of hydrogen-bond donors (Lipinski definition) is 1. The van der Waals surface area contributed by atoms with Gasteiger partial charge in [-0.05, 0) is 36.8 Å². The third-order valence-corrected chi connectivity index (χ3v) is 3.38. The van der Waals surface area contributed by atoms with Crippen LogP contribution in [0.1, 0.15) is 42.7 Å². The van der Waals surface area contributed by atoms with Crippen molar-refractivity contribution in [2.24, 2.45) is 5.92 Å². The highest BCUT2D eigenvalue weighted by molar-refractivity contribution is 5.97. The molecule has 1 atom stereocenters. The van der Waals surface area contributed by atoms with Gasteiger partial charge in [0, 0.05) is 23.2 Å². The second-order valence-electron chi connectivity index (χ2n) is 5.37. The highest BCUT2D eigenvalue weighted by Crippen LogP contribution is 2.20. The summed E-state index contributed by atoms with van der Waals surface area (Å²) in [7, 11) is 0. The third-order valence-electron chi connectivity index (χ3n) is 3.38. The Hall–Kier alpha value is -2.09. The van der Waals surface area contributed by atoms with Gasteiger partial charge >= 0.3 is 0 Å². The first-order valence-corrected chi connectivity index (χ1v) is 7.03. The molecule has 0 saturated heterocycles. The van der Waals surface area contributed by atoms with Crippen LogP contribution in [0.25, 0.3) is 0 Å². The maximum Gasteiger partial charge on any atom is 0.165 e. The number of carbonyl (C=O) groups excluding carboxylic acids is 1. The normalized spacial score (nSPS) is 12.2. The average molecular weight is 267 g/mol. The lowest BCUT2D eigenvalue weighted by molar-refractivity contribution is 0.0939. The molecule has 0 aliphatic heterocycles. The van der Waals surface area contributed by atoms with Gasteiger partial charge in [0.2, 0.25) is 0 Å². The number of benzene rings is 2. The second kappa shape index (κ2) is 6.38. The minimum atomic E-state index is 0.0389. The molecule has 0 radical (unpaired) electrons. The zero-order valence-electron chi connectivity index (χ0n) is 12.3. The number of carbonyl (C=O) groups is 1. The van der Waals surface area contributed by atoms with Crippen molar-refractivity contribution in [1.82, 2.24) is 0 Å². The van der Waals surface area contributed by atoms with E-state index in [9.17, 15) is 4.79 Å². The molecular formula is C18H21NO. The lowest BCUT2D eigenvalue weighted by atomic mass is 10.0. The Kier molecular flexibility index (Phi) is 4.57. The van der Waals surface area contributed by atoms with Crippen LogP contribution < -0.4 is 5.32 Å². The van der Waals surface area contributed by atoms with Crippen molar-refractivity contribution in [2.75, 3.05) is 5.32 Å². The van der Waals surface area contributed by atoms with Crippen LogP contribution in [0.4, 0.5) is 5.69 Å². The first kappa shape index (κ1) is 14.3. The molecule has 2 aromatic rings. The standard InChI is InChI=1S/C18H21NO/c1-13(2)18(20)16-9-11-17(12-10-16)19-14(3)15-7-5-4-6-8-15/h4-14,19H,1-3H3. The molecule has 104 valence electrons. The monoisotopic (exact) mass is 267 g/mol. The van der Waals surface area contributed by atoms with E-state index in [1.165, 1.54) is 5.56 Å². The summed E-state index contributed by atoms with van der Waals surface area (Å²) in [4.78, 5) is 11.9. The van der Waals surface area contributed by atoms with Gasteiger partial charge in [-0.15, -0.1) is 0 Å². The third kappa shape index (κ3) is 3.47. The highest BCUT2D eigenvalue weighted by Gasteiger charge is 2.10. The number of nitrogens with one attached hydrogen (secondary N) is 1. The summed E-state index contributed by atoms with van der Waals surface area (Å²) < 4.78 is 0. The maximum absolute atomic E-state index is 11.9. The molecule has 20 heavy (non-hydrogen) atoms. The molecule has 2 aromatic carbocycles. The molecule has 0 aliphatic carbocycles. The van der Waals surface area contributed by atoms with Crippen LogP contribution in [0.2, 0.25) is 0 Å². The topological polar surface area (TPSA) is 29.1 Å². The van der Waals surface area contributed by atoms with Crippen LogP contribution in [0.5, 0.6) is 0 Å². The van der Waals surface area contributed by atoms with Gasteiger partial charge < -0.3 is 5.32 Å². The molecule has 0 spiro atoms. The van der Waals surface area contributed by atoms with Crippen LogP contribution in [0.3, 0.4) is 0 Å². The molecule has 2 nitrogen and oxygen atoms in total. The summed E-state index contributed by atoms with van der Waals surface area (Å²) in [6.45, 7) is 5.97. The van der Waals surface area contributed by atoms with E-state index in [1.54, 1.807) is 0 Å². The maximum atomic E-state index is 11.9. The van der Waals surface area contributed by atoms with Gasteiger partial charge in [-0.25, -0.2) is 0 Å². The van der Waals surface area contributed by atoms with E-state index >= 15 is 0 Å². The SMILES string of the molecule is CC(C)C(=O)c1ccc(NC(C)c2ccccc2)cc1. The second-order valence-corrected chi connectivity index (χ2v) is 5.37. The van der Waals surface area contributed by atoms with Gasteiger partial charge in [-0.2, -0.15) is 0 Å². The van der Waals surface area contributed by atoms with Crippen molar-refractivity contribution in [3.8, 4) is 0 Å². The number of ketones is 1. The van der Waals surface area contributed by atoms with E-state index in [4.69, 9.17) is 0 Å². The molecule has 0 aliphatic rings. The molecule has 1 unspecified atom stereocenters. The van der Waals surface area contributed by atoms with Crippen molar-refractivity contribution in [2.45, 2.75) is 26.8 Å². The van der Waals surface area contributed by atoms with Crippen molar-refractivity contribution in [3.63, 3.8) is 0 Å². The summed E-state index contributed by atoms with van der Waals surface area (Å²) in [5.74, 6) is 0.227. The number of rotatable bonds is 5. The molecule has 0 saturated carbocycles. The van der Waals surface area contributed by atoms with E-state index in [-0.39, 0.29) is 17.7 Å². The fourth-order valence-corrected chi connectivity index (χ4v) is 2.14. The smallest absolute Gasteiger partial charge is 0.165 e. The van der Waals surface area contributed by atoms with Crippen LogP contribution in [-0.2, 0) is 0 Å². The van der Waals surface area contributed by atoms with Gasteiger partial charge in [-0.3, -0.25) is 4.79 Å². The van der Waals surface area contributed by atoms with Crippen molar-refractivity contribution < 1.29 is 4.79 Å². The minimum Gasteiger partial charge on any atom is -0.379 e. The molecule has 0 amide bonds. The summed E-state index contributed by atoms with van der Waals surface area (Å²) in [6, 6.07) is 18.3. The van der Waals surface area contributed by atoms with Crippen molar-refractivity contribution in [3.05, 3.63) is 65.7 Å². The van der Waals surface area contributed by atoms with Crippen LogP contribution in [-0.4, -0.2) is 5.78 Å². The molecule has 0 fully saturated rings. The van der Waals surface area contributed by atoms with Crippen molar-refractivity contribution in [1.29, 1.82) is 0 Å². The Morgan fingerprint density at radius 2 is 1.50 bits per heavy atom. The zero-order valence-corrected chi connectivity index (χ0v) is 12.3. The molecule has 2 rings (SSSR count). The summed E-state index contributed by atoms with van der Waals surface area (Å²) >= 11 is 0. The molecular weight excluding hydrogens is 246 g/mol. The summed E-state index contributed by atoms with van der Waals surface area (Å²) in [6.07, 6.45) is 0. The Labute approximate surface area is 120 Å². The van der Waals surface area contributed by atoms with Crippen LogP contribution in [0.15, 0.2) is 54.6 Å². The minimum absolute atomic E-state index is 0.0389. The summed E-state index contributed by atoms with van der Waals surface area (Å²) in [5.41, 5.74) is 3.05. The van der Waals surface area contributed by atoms with Gasteiger partial charge in [0.05, 0.1) is 0 Å². The lowest BCUT2D eigenvalue weighted by Crippen LogP contribution is -2.09. The van der Waals surface area contributed by atoms with E-state index in [2.05, 4.69) is 24.4 Å². The van der Waals surface area contributed by atoms with Crippen LogP contribution in [0, 0.1) is 5.92 Å². The number of anilines is 1. The fourth-order valence-electron chi connectivity index (χ4n) is 2.14. The lowest BCUT2D eigenvalue weighted by Gasteiger charge is -2.16. The Bertz CT molecular complexity index is 558. The van der Waals surface area contributed by atoms with Crippen LogP contribution >= 0.6 is 0 Å². The van der Waals surface area contributed by atoms with Gasteiger partial charge in [0.25, 0.3) is 0 Å². The summed E-state index contributed by atoms with van der Waals surface area (Å²) in [5, 5.41) is 3.44. The van der Waals surface area contributed by atoms with E-state index in [0.717, 1.165) is 11.3 Å². The van der Waals surface area contributed by atoms with Gasteiger partial charge in [0.1, 0.15) is 0 Å². The number of hydrogen-bond acceptors (Lipinski definition) is 2. The Morgan fingerprint density at radius 1 is 0.900 bits per heavy atom. The first-order chi connectivity index (χ1) is 9.58. The first-order valence-electron chi connectivity index (χ1n) is 7.03. The predicted octanol–water partition coefficient (Wildman–Crippen LogP) is 4.70. The van der Waals surface area contributed by atoms with Gasteiger partial charge in [-0.1, -0.05) is 44.2 Å². The molecule has 0 aromatic heterocycles. The average Bonchev–Trinajstić information content (AvgIpc) is 2.48. The van der Waals surface area contributed by atoms with Gasteiger partial charge in [0.15, 0.2) is 5.78 Å². The van der Waals surface area contributed by atoms with E-state index < -0.39 is 0 Å². The molecule has 1 N–H and O–H groups in total. The molecule has 0 heterocycles. The highest BCUT2D eigenvalue weighted by atomic mass is 16.1. The van der Waals surface area contributed by atoms with Crippen molar-refractivity contribution >= 4 is 11.5 Å². The Morgan fingerprint density at radius 3 is 2.05 bits per heavy atom. The molecule has 0 bridgehead atoms. The zero-order chi connectivity index (χ0) is 14.5. The predicted molar refractivity (Wildman–Crippen MR) is 84.1 cm³/mol. The van der Waals surface area contributed by atoms with E-state index in [0.29, 0.717) is 0 Å². The molecule has 2 heteroatoms. The largest absolute Gasteiger partial charge is 0.379 e. The Balaban J connectivity index is 2.06. The van der Waals surface area contributed by atoms with E-state index in [1.807, 2.05) is 56.3 Å². The fraction of sp³-hybridized carbons (Fsp3) is 0.278. The quantitative estimate of drug-likeness (QED) is 0.796. The number of Topliss-reactive ketones (excluding diaryl/α,β-unsaturated/α-hetero) is 1.